The molecule has 19 heavy (non-hydrogen) atoms. The lowest BCUT2D eigenvalue weighted by atomic mass is 10.3. The van der Waals surface area contributed by atoms with Crippen LogP contribution >= 0.6 is 11.6 Å². The van der Waals surface area contributed by atoms with Gasteiger partial charge in [-0.1, -0.05) is 11.6 Å². The number of nitrogens with one attached hydrogen (secondary N) is 1. The SMILES string of the molecule is COc1ccc(N)c(Nc2ccc(Cl)c(OC)c2)n1. The van der Waals surface area contributed by atoms with Gasteiger partial charge in [0.25, 0.3) is 0 Å². The summed E-state index contributed by atoms with van der Waals surface area (Å²) in [6, 6.07) is 8.73. The number of hydrogen-bond acceptors (Lipinski definition) is 5. The van der Waals surface area contributed by atoms with Gasteiger partial charge in [0.05, 0.1) is 24.9 Å². The number of anilines is 3. The van der Waals surface area contributed by atoms with Gasteiger partial charge in [0.1, 0.15) is 5.75 Å². The second kappa shape index (κ2) is 5.67. The molecule has 6 heteroatoms. The third-order valence-corrected chi connectivity index (χ3v) is 2.84. The molecule has 1 heterocycles. The van der Waals surface area contributed by atoms with E-state index < -0.39 is 0 Å². The third kappa shape index (κ3) is 3.00. The normalized spacial score (nSPS) is 10.1. The van der Waals surface area contributed by atoms with E-state index in [1.54, 1.807) is 38.5 Å². The average Bonchev–Trinajstić information content (AvgIpc) is 2.43. The number of hydrogen-bond donors (Lipinski definition) is 2. The van der Waals surface area contributed by atoms with E-state index in [-0.39, 0.29) is 0 Å². The van der Waals surface area contributed by atoms with Crippen molar-refractivity contribution in [2.24, 2.45) is 0 Å². The highest BCUT2D eigenvalue weighted by Crippen LogP contribution is 2.30. The molecule has 1 aromatic heterocycles. The maximum absolute atomic E-state index is 5.97. The second-order valence-corrected chi connectivity index (χ2v) is 4.17. The summed E-state index contributed by atoms with van der Waals surface area (Å²) < 4.78 is 10.2. The van der Waals surface area contributed by atoms with Crippen molar-refractivity contribution in [2.75, 3.05) is 25.3 Å². The molecule has 0 spiro atoms. The van der Waals surface area contributed by atoms with Gasteiger partial charge in [-0.2, -0.15) is 4.98 Å². The molecule has 100 valence electrons. The fourth-order valence-electron chi connectivity index (χ4n) is 1.54. The number of aromatic nitrogens is 1. The number of pyridine rings is 1. The van der Waals surface area contributed by atoms with E-state index in [9.17, 15) is 0 Å². The van der Waals surface area contributed by atoms with Crippen molar-refractivity contribution in [1.82, 2.24) is 4.98 Å². The summed E-state index contributed by atoms with van der Waals surface area (Å²) in [6.07, 6.45) is 0. The van der Waals surface area contributed by atoms with E-state index in [1.165, 1.54) is 0 Å². The van der Waals surface area contributed by atoms with E-state index in [4.69, 9.17) is 26.8 Å². The quantitative estimate of drug-likeness (QED) is 0.900. The molecule has 2 aromatic rings. The van der Waals surface area contributed by atoms with Crippen LogP contribution < -0.4 is 20.5 Å². The fourth-order valence-corrected chi connectivity index (χ4v) is 1.73. The molecule has 0 amide bonds. The van der Waals surface area contributed by atoms with Gasteiger partial charge < -0.3 is 20.5 Å². The maximum atomic E-state index is 5.97. The molecular weight excluding hydrogens is 266 g/mol. The van der Waals surface area contributed by atoms with Crippen molar-refractivity contribution in [1.29, 1.82) is 0 Å². The van der Waals surface area contributed by atoms with Crippen molar-refractivity contribution in [3.8, 4) is 11.6 Å². The van der Waals surface area contributed by atoms with Crippen LogP contribution in [0.3, 0.4) is 0 Å². The Morgan fingerprint density at radius 3 is 2.63 bits per heavy atom. The minimum atomic E-state index is 0.484. The van der Waals surface area contributed by atoms with E-state index in [0.717, 1.165) is 5.69 Å². The second-order valence-electron chi connectivity index (χ2n) is 3.77. The van der Waals surface area contributed by atoms with Crippen molar-refractivity contribution in [2.45, 2.75) is 0 Å². The zero-order valence-electron chi connectivity index (χ0n) is 10.6. The van der Waals surface area contributed by atoms with Crippen LogP contribution in [-0.4, -0.2) is 19.2 Å². The molecule has 5 nitrogen and oxygen atoms in total. The first-order chi connectivity index (χ1) is 9.13. The summed E-state index contributed by atoms with van der Waals surface area (Å²) in [5.74, 6) is 1.58. The van der Waals surface area contributed by atoms with Gasteiger partial charge in [0, 0.05) is 17.8 Å². The highest BCUT2D eigenvalue weighted by atomic mass is 35.5. The summed E-state index contributed by atoms with van der Waals surface area (Å²) in [6.45, 7) is 0. The summed E-state index contributed by atoms with van der Waals surface area (Å²) in [4.78, 5) is 4.23. The molecule has 0 bridgehead atoms. The maximum Gasteiger partial charge on any atom is 0.215 e. The van der Waals surface area contributed by atoms with Crippen LogP contribution in [0.15, 0.2) is 30.3 Å². The monoisotopic (exact) mass is 279 g/mol. The number of halogens is 1. The lowest BCUT2D eigenvalue weighted by Gasteiger charge is -2.11. The zero-order chi connectivity index (χ0) is 13.8. The van der Waals surface area contributed by atoms with E-state index >= 15 is 0 Å². The van der Waals surface area contributed by atoms with Crippen molar-refractivity contribution in [3.05, 3.63) is 35.4 Å². The topological polar surface area (TPSA) is 69.4 Å². The zero-order valence-corrected chi connectivity index (χ0v) is 11.4. The molecule has 0 atom stereocenters. The number of methoxy groups -OCH3 is 2. The van der Waals surface area contributed by atoms with Crippen LogP contribution in [0.2, 0.25) is 5.02 Å². The van der Waals surface area contributed by atoms with Crippen LogP contribution in [0.1, 0.15) is 0 Å². The molecule has 0 aliphatic rings. The van der Waals surface area contributed by atoms with Crippen molar-refractivity contribution >= 4 is 28.8 Å². The first-order valence-corrected chi connectivity index (χ1v) is 5.93. The van der Waals surface area contributed by atoms with E-state index in [0.29, 0.717) is 28.2 Å². The Balaban J connectivity index is 2.30. The van der Waals surface area contributed by atoms with Crippen molar-refractivity contribution in [3.63, 3.8) is 0 Å². The van der Waals surface area contributed by atoms with Gasteiger partial charge in [-0.25, -0.2) is 0 Å². The van der Waals surface area contributed by atoms with Gasteiger partial charge in [0.15, 0.2) is 5.82 Å². The summed E-state index contributed by atoms with van der Waals surface area (Å²) in [7, 11) is 3.11. The predicted octanol–water partition coefficient (Wildman–Crippen LogP) is 3.08. The molecule has 0 radical (unpaired) electrons. The smallest absolute Gasteiger partial charge is 0.215 e. The van der Waals surface area contributed by atoms with Gasteiger partial charge in [-0.3, -0.25) is 0 Å². The largest absolute Gasteiger partial charge is 0.495 e. The van der Waals surface area contributed by atoms with Gasteiger partial charge in [-0.05, 0) is 18.2 Å². The standard InChI is InChI=1S/C13H14ClN3O2/c1-18-11-7-8(3-4-9(11)14)16-13-10(15)5-6-12(17-13)19-2/h3-7H,15H2,1-2H3,(H,16,17). The van der Waals surface area contributed by atoms with E-state index in [1.807, 2.05) is 6.07 Å². The Kier molecular flexibility index (Phi) is 3.97. The molecule has 0 fully saturated rings. The molecule has 1 aromatic carbocycles. The van der Waals surface area contributed by atoms with Gasteiger partial charge in [0.2, 0.25) is 5.88 Å². The van der Waals surface area contributed by atoms with E-state index in [2.05, 4.69) is 10.3 Å². The van der Waals surface area contributed by atoms with Crippen LogP contribution in [0.4, 0.5) is 17.2 Å². The van der Waals surface area contributed by atoms with Crippen LogP contribution in [0.5, 0.6) is 11.6 Å². The molecular formula is C13H14ClN3O2. The molecule has 0 saturated carbocycles. The summed E-state index contributed by atoms with van der Waals surface area (Å²) in [5, 5.41) is 3.64. The molecule has 2 rings (SSSR count). The number of rotatable bonds is 4. The van der Waals surface area contributed by atoms with Crippen molar-refractivity contribution < 1.29 is 9.47 Å². The average molecular weight is 280 g/mol. The number of ether oxygens (including phenoxy) is 2. The Bertz CT molecular complexity index is 590. The lowest BCUT2D eigenvalue weighted by molar-refractivity contribution is 0.398. The fraction of sp³-hybridized carbons (Fsp3) is 0.154. The highest BCUT2D eigenvalue weighted by Gasteiger charge is 2.06. The summed E-state index contributed by atoms with van der Waals surface area (Å²) in [5.41, 5.74) is 7.15. The molecule has 0 unspecified atom stereocenters. The first kappa shape index (κ1) is 13.3. The minimum Gasteiger partial charge on any atom is -0.495 e. The number of nitrogens with zero attached hydrogens (tertiary/aromatic N) is 1. The Labute approximate surface area is 116 Å². The Morgan fingerprint density at radius 1 is 1.16 bits per heavy atom. The Morgan fingerprint density at radius 2 is 1.95 bits per heavy atom. The molecule has 3 N–H and O–H groups in total. The first-order valence-electron chi connectivity index (χ1n) is 5.55. The number of nitrogen functional groups attached to an aromatic ring is 1. The van der Waals surface area contributed by atoms with Crippen LogP contribution in [-0.2, 0) is 0 Å². The van der Waals surface area contributed by atoms with Crippen LogP contribution in [0.25, 0.3) is 0 Å². The van der Waals surface area contributed by atoms with Gasteiger partial charge in [-0.15, -0.1) is 0 Å². The van der Waals surface area contributed by atoms with Gasteiger partial charge >= 0.3 is 0 Å². The summed E-state index contributed by atoms with van der Waals surface area (Å²) >= 11 is 5.97. The molecule has 0 aliphatic heterocycles. The lowest BCUT2D eigenvalue weighted by Crippen LogP contribution is -2.00. The molecule has 0 aliphatic carbocycles. The minimum absolute atomic E-state index is 0.484. The number of benzene rings is 1. The third-order valence-electron chi connectivity index (χ3n) is 2.52. The van der Waals surface area contributed by atoms with Crippen LogP contribution in [0, 0.1) is 0 Å². The highest BCUT2D eigenvalue weighted by molar-refractivity contribution is 6.32. The number of nitrogens with two attached hydrogens (primary N) is 1. The predicted molar refractivity (Wildman–Crippen MR) is 76.5 cm³/mol. The Hall–Kier alpha value is -2.14. The molecule has 0 saturated heterocycles.